The number of aliphatic hydroxyl groups is 1. The Morgan fingerprint density at radius 1 is 0.733 bits per heavy atom. The average Bonchev–Trinajstić information content (AvgIpc) is 2.97. The second kappa shape index (κ2) is 26.3. The molecule has 0 spiro atoms. The van der Waals surface area contributed by atoms with Crippen LogP contribution < -0.4 is 16.0 Å². The molecule has 0 aromatic carbocycles. The molecular formula is C31H59N5O9. The van der Waals surface area contributed by atoms with Crippen molar-refractivity contribution >= 4 is 29.8 Å². The van der Waals surface area contributed by atoms with Gasteiger partial charge in [-0.1, -0.05) is 27.7 Å². The van der Waals surface area contributed by atoms with Gasteiger partial charge in [0.1, 0.15) is 19.3 Å². The Kier molecular flexibility index (Phi) is 24.5. The van der Waals surface area contributed by atoms with Crippen LogP contribution in [-0.4, -0.2) is 130 Å². The van der Waals surface area contributed by atoms with E-state index in [1.54, 1.807) is 7.05 Å². The summed E-state index contributed by atoms with van der Waals surface area (Å²) in [6, 6.07) is 0. The summed E-state index contributed by atoms with van der Waals surface area (Å²) in [6.07, 6.45) is 0.584. The second-order valence-electron chi connectivity index (χ2n) is 11.6. The summed E-state index contributed by atoms with van der Waals surface area (Å²) in [5, 5.41) is 17.7. The number of amides is 3. The normalized spacial score (nSPS) is 11.1. The van der Waals surface area contributed by atoms with Crippen molar-refractivity contribution in [3.05, 3.63) is 0 Å². The lowest BCUT2D eigenvalue weighted by Gasteiger charge is -2.23. The van der Waals surface area contributed by atoms with E-state index < -0.39 is 12.1 Å². The number of carbonyl (C=O) groups excluding carboxylic acids is 5. The van der Waals surface area contributed by atoms with E-state index in [2.05, 4.69) is 43.6 Å². The van der Waals surface area contributed by atoms with Gasteiger partial charge in [-0.25, -0.2) is 4.79 Å². The Labute approximate surface area is 269 Å². The highest BCUT2D eigenvalue weighted by Gasteiger charge is 2.20. The van der Waals surface area contributed by atoms with E-state index in [1.165, 1.54) is 9.80 Å². The van der Waals surface area contributed by atoms with Gasteiger partial charge in [-0.2, -0.15) is 0 Å². The highest BCUT2D eigenvalue weighted by Crippen LogP contribution is 2.17. The fourth-order valence-electron chi connectivity index (χ4n) is 4.40. The first-order valence-electron chi connectivity index (χ1n) is 16.2. The first-order valence-corrected chi connectivity index (χ1v) is 16.2. The Balaban J connectivity index is 4.25. The zero-order valence-corrected chi connectivity index (χ0v) is 28.4. The van der Waals surface area contributed by atoms with Gasteiger partial charge in [-0.05, 0) is 38.6 Å². The predicted octanol–water partition coefficient (Wildman–Crippen LogP) is 1.30. The molecule has 262 valence electrons. The summed E-state index contributed by atoms with van der Waals surface area (Å²) in [7, 11) is 1.77. The van der Waals surface area contributed by atoms with Crippen molar-refractivity contribution in [2.24, 2.45) is 11.8 Å². The van der Waals surface area contributed by atoms with E-state index in [0.29, 0.717) is 51.1 Å². The molecule has 0 aromatic heterocycles. The highest BCUT2D eigenvalue weighted by atomic mass is 16.7. The van der Waals surface area contributed by atoms with Crippen LogP contribution in [0, 0.1) is 11.8 Å². The number of hydrogen-bond acceptors (Lipinski definition) is 11. The molecule has 0 saturated heterocycles. The van der Waals surface area contributed by atoms with Crippen molar-refractivity contribution in [1.82, 2.24) is 25.8 Å². The molecule has 14 nitrogen and oxygen atoms in total. The van der Waals surface area contributed by atoms with Crippen LogP contribution in [0.3, 0.4) is 0 Å². The molecule has 0 radical (unpaired) electrons. The molecule has 0 aliphatic carbocycles. The van der Waals surface area contributed by atoms with Gasteiger partial charge in [0.05, 0.1) is 19.6 Å². The molecule has 0 fully saturated rings. The summed E-state index contributed by atoms with van der Waals surface area (Å²) in [5.74, 6) is -0.403. The maximum absolute atomic E-state index is 12.8. The third-order valence-corrected chi connectivity index (χ3v) is 6.68. The number of hydrogen-bond donors (Lipinski definition) is 4. The third-order valence-electron chi connectivity index (χ3n) is 6.68. The molecule has 3 amide bonds. The van der Waals surface area contributed by atoms with Gasteiger partial charge in [-0.15, -0.1) is 0 Å². The number of rotatable bonds is 26. The topological polar surface area (TPSA) is 176 Å². The number of nitrogens with one attached hydrogen (secondary N) is 3. The minimum Gasteiger partial charge on any atom is -0.464 e. The number of likely N-dealkylation sites (N-methyl/N-ethyl adjacent to an activating group) is 2. The van der Waals surface area contributed by atoms with Crippen LogP contribution in [0.2, 0.25) is 0 Å². The number of aliphatic hydroxyl groups excluding tert-OH is 1. The molecule has 0 bridgehead atoms. The van der Waals surface area contributed by atoms with E-state index in [0.717, 1.165) is 12.8 Å². The van der Waals surface area contributed by atoms with Crippen LogP contribution in [0.5, 0.6) is 0 Å². The predicted molar refractivity (Wildman–Crippen MR) is 170 cm³/mol. The zero-order valence-electron chi connectivity index (χ0n) is 28.4. The lowest BCUT2D eigenvalue weighted by Crippen LogP contribution is -2.39. The lowest BCUT2D eigenvalue weighted by atomic mass is 9.98. The van der Waals surface area contributed by atoms with Crippen molar-refractivity contribution in [3.63, 3.8) is 0 Å². The minimum absolute atomic E-state index is 0.0127. The molecule has 45 heavy (non-hydrogen) atoms. The van der Waals surface area contributed by atoms with Gasteiger partial charge in [0.25, 0.3) is 0 Å². The largest absolute Gasteiger partial charge is 0.508 e. The maximum atomic E-state index is 12.8. The van der Waals surface area contributed by atoms with Crippen LogP contribution in [0.1, 0.15) is 73.1 Å². The van der Waals surface area contributed by atoms with E-state index in [1.807, 2.05) is 6.92 Å². The average molecular weight is 646 g/mol. The third kappa shape index (κ3) is 23.1. The summed E-state index contributed by atoms with van der Waals surface area (Å²) in [4.78, 5) is 64.1. The molecule has 0 saturated carbocycles. The molecule has 4 N–H and O–H groups in total. The van der Waals surface area contributed by atoms with Gasteiger partial charge >= 0.3 is 12.1 Å². The molecule has 0 rings (SSSR count). The molecule has 0 aliphatic heterocycles. The van der Waals surface area contributed by atoms with E-state index in [-0.39, 0.29) is 82.4 Å². The summed E-state index contributed by atoms with van der Waals surface area (Å²) in [5.41, 5.74) is 0. The summed E-state index contributed by atoms with van der Waals surface area (Å²) < 4.78 is 15.9. The van der Waals surface area contributed by atoms with Crippen molar-refractivity contribution in [1.29, 1.82) is 0 Å². The number of esters is 1. The fourth-order valence-corrected chi connectivity index (χ4v) is 4.40. The first-order chi connectivity index (χ1) is 21.4. The lowest BCUT2D eigenvalue weighted by molar-refractivity contribution is -0.146. The van der Waals surface area contributed by atoms with Crippen LogP contribution >= 0.6 is 0 Å². The Morgan fingerprint density at radius 2 is 1.38 bits per heavy atom. The van der Waals surface area contributed by atoms with E-state index in [9.17, 15) is 24.0 Å². The summed E-state index contributed by atoms with van der Waals surface area (Å²) >= 11 is 0. The van der Waals surface area contributed by atoms with Gasteiger partial charge < -0.3 is 45.1 Å². The Bertz CT molecular complexity index is 847. The van der Waals surface area contributed by atoms with Crippen LogP contribution in [-0.2, 0) is 33.4 Å². The SMILES string of the molecule is CCN(CCO)C(=O)CCC(=O)NCCNCCOC(=O)CCC(=O)N(CCNC)CCOC(=O)OC(CC(C)C)CC(C)C. The van der Waals surface area contributed by atoms with Gasteiger partial charge in [-0.3, -0.25) is 19.2 Å². The van der Waals surface area contributed by atoms with Crippen molar-refractivity contribution in [2.45, 2.75) is 79.2 Å². The maximum Gasteiger partial charge on any atom is 0.508 e. The van der Waals surface area contributed by atoms with Crippen LogP contribution in [0.25, 0.3) is 0 Å². The smallest absolute Gasteiger partial charge is 0.464 e. The van der Waals surface area contributed by atoms with Crippen molar-refractivity contribution < 1.29 is 43.3 Å². The van der Waals surface area contributed by atoms with Gasteiger partial charge in [0.2, 0.25) is 17.7 Å². The number of nitrogens with zero attached hydrogens (tertiary/aromatic N) is 2. The van der Waals surface area contributed by atoms with E-state index >= 15 is 0 Å². The highest BCUT2D eigenvalue weighted by molar-refractivity contribution is 5.83. The van der Waals surface area contributed by atoms with Crippen LogP contribution in [0.4, 0.5) is 4.79 Å². The quantitative estimate of drug-likeness (QED) is 0.0788. The van der Waals surface area contributed by atoms with Crippen LogP contribution in [0.15, 0.2) is 0 Å². The molecule has 0 heterocycles. The number of ether oxygens (including phenoxy) is 3. The first kappa shape index (κ1) is 42.0. The monoisotopic (exact) mass is 645 g/mol. The number of carbonyl (C=O) groups is 5. The fraction of sp³-hybridized carbons (Fsp3) is 0.839. The molecule has 0 aliphatic rings. The molecule has 0 aromatic rings. The molecule has 0 atom stereocenters. The Hall–Kier alpha value is -2.97. The summed E-state index contributed by atoms with van der Waals surface area (Å²) in [6.45, 7) is 13.1. The van der Waals surface area contributed by atoms with Gasteiger partial charge in [0.15, 0.2) is 0 Å². The molecule has 14 heteroatoms. The second-order valence-corrected chi connectivity index (χ2v) is 11.6. The van der Waals surface area contributed by atoms with Crippen molar-refractivity contribution in [3.8, 4) is 0 Å². The van der Waals surface area contributed by atoms with E-state index in [4.69, 9.17) is 19.3 Å². The standard InChI is InChI=1S/C31H59N5O9/c1-7-35(17-19-37)28(39)9-8-27(38)34-13-12-33-15-20-43-30(41)11-10-29(40)36(16-14-32-6)18-21-44-31(42)45-26(22-24(2)3)23-25(4)5/h24-26,32-33,37H,7-23H2,1-6H3,(H,34,38). The molecular weight excluding hydrogens is 586 g/mol. The zero-order chi connectivity index (χ0) is 34.0. The Morgan fingerprint density at radius 3 is 1.98 bits per heavy atom. The minimum atomic E-state index is -0.743. The van der Waals surface area contributed by atoms with Gasteiger partial charge in [0, 0.05) is 65.1 Å². The molecule has 0 unspecified atom stereocenters. The van der Waals surface area contributed by atoms with Crippen molar-refractivity contribution in [2.75, 3.05) is 79.2 Å².